The summed E-state index contributed by atoms with van der Waals surface area (Å²) in [5.41, 5.74) is 2.54. The first kappa shape index (κ1) is 15.1. The Labute approximate surface area is 139 Å². The molecule has 0 aliphatic carbocycles. The Morgan fingerprint density at radius 2 is 2.21 bits per heavy atom. The zero-order chi connectivity index (χ0) is 16.5. The van der Waals surface area contributed by atoms with Crippen molar-refractivity contribution in [2.45, 2.75) is 18.6 Å². The molecule has 3 aromatic heterocycles. The van der Waals surface area contributed by atoms with E-state index in [0.717, 1.165) is 23.2 Å². The van der Waals surface area contributed by atoms with Crippen LogP contribution in [0.2, 0.25) is 0 Å². The molecule has 1 saturated heterocycles. The van der Waals surface area contributed by atoms with Gasteiger partial charge in [0.05, 0.1) is 37.5 Å². The molecule has 126 valence electrons. The van der Waals surface area contributed by atoms with E-state index in [1.54, 1.807) is 21.6 Å². The molecule has 1 aliphatic rings. The van der Waals surface area contributed by atoms with Gasteiger partial charge in [-0.1, -0.05) is 0 Å². The summed E-state index contributed by atoms with van der Waals surface area (Å²) in [6, 6.07) is 2.19. The number of rotatable bonds is 4. The molecule has 0 amide bonds. The zero-order valence-electron chi connectivity index (χ0n) is 13.7. The van der Waals surface area contributed by atoms with Crippen LogP contribution in [0, 0.1) is 0 Å². The minimum absolute atomic E-state index is 0.0356. The molecule has 1 N–H and O–H groups in total. The summed E-state index contributed by atoms with van der Waals surface area (Å²) in [5, 5.41) is 11.8. The van der Waals surface area contributed by atoms with Gasteiger partial charge in [-0.15, -0.1) is 0 Å². The van der Waals surface area contributed by atoms with E-state index in [2.05, 4.69) is 20.5 Å². The van der Waals surface area contributed by atoms with Crippen LogP contribution < -0.4 is 10.1 Å². The second-order valence-corrected chi connectivity index (χ2v) is 5.99. The molecular formula is C16H20N6O2. The number of aromatic nitrogens is 5. The van der Waals surface area contributed by atoms with Crippen LogP contribution in [-0.4, -0.2) is 56.8 Å². The lowest BCUT2D eigenvalue weighted by molar-refractivity contribution is -0.0108. The maximum atomic E-state index is 6.16. The van der Waals surface area contributed by atoms with Gasteiger partial charge in [-0.3, -0.25) is 4.68 Å². The van der Waals surface area contributed by atoms with Gasteiger partial charge in [0, 0.05) is 31.3 Å². The molecule has 4 heterocycles. The highest BCUT2D eigenvalue weighted by Gasteiger charge is 2.24. The first-order chi connectivity index (χ1) is 11.7. The molecule has 0 radical (unpaired) electrons. The van der Waals surface area contributed by atoms with E-state index in [1.165, 1.54) is 0 Å². The monoisotopic (exact) mass is 328 g/mol. The van der Waals surface area contributed by atoms with E-state index in [4.69, 9.17) is 9.47 Å². The maximum Gasteiger partial charge on any atom is 0.241 e. The number of nitrogens with one attached hydrogen (secondary N) is 1. The molecule has 1 aliphatic heterocycles. The highest BCUT2D eigenvalue weighted by atomic mass is 16.5. The van der Waals surface area contributed by atoms with Gasteiger partial charge < -0.3 is 14.8 Å². The van der Waals surface area contributed by atoms with Crippen LogP contribution in [0.3, 0.4) is 0 Å². The van der Waals surface area contributed by atoms with E-state index in [0.29, 0.717) is 25.1 Å². The average Bonchev–Trinajstić information content (AvgIpc) is 3.23. The van der Waals surface area contributed by atoms with Gasteiger partial charge >= 0.3 is 0 Å². The molecule has 24 heavy (non-hydrogen) atoms. The zero-order valence-corrected chi connectivity index (χ0v) is 13.7. The van der Waals surface area contributed by atoms with Crippen molar-refractivity contribution in [1.82, 2.24) is 29.7 Å². The van der Waals surface area contributed by atoms with Crippen molar-refractivity contribution >= 4 is 5.52 Å². The van der Waals surface area contributed by atoms with Crippen molar-refractivity contribution in [3.8, 4) is 17.1 Å². The lowest BCUT2D eigenvalue weighted by Gasteiger charge is -2.29. The molecule has 2 atom stereocenters. The molecule has 8 heteroatoms. The second kappa shape index (κ2) is 6.21. The highest BCUT2D eigenvalue weighted by molar-refractivity contribution is 5.63. The third-order valence-electron chi connectivity index (χ3n) is 4.21. The van der Waals surface area contributed by atoms with Crippen molar-refractivity contribution in [2.24, 2.45) is 7.05 Å². The standard InChI is InChI=1S/C16H20N6O2/c1-17-12-5-13(10-23-9-12)24-16-15-3-4-18-22(15)8-14(20-16)11-6-19-21(2)7-11/h3-4,6-8,12-13,17H,5,9-10H2,1-2H3/t12-,13-/m1/s1. The smallest absolute Gasteiger partial charge is 0.241 e. The van der Waals surface area contributed by atoms with E-state index in [9.17, 15) is 0 Å². The third-order valence-corrected chi connectivity index (χ3v) is 4.21. The summed E-state index contributed by atoms with van der Waals surface area (Å²) in [6.07, 6.45) is 8.17. The van der Waals surface area contributed by atoms with E-state index >= 15 is 0 Å². The van der Waals surface area contributed by atoms with Gasteiger partial charge in [-0.25, -0.2) is 9.50 Å². The van der Waals surface area contributed by atoms with Crippen LogP contribution in [0.15, 0.2) is 30.9 Å². The van der Waals surface area contributed by atoms with Crippen molar-refractivity contribution in [2.75, 3.05) is 20.3 Å². The third kappa shape index (κ3) is 2.85. The second-order valence-electron chi connectivity index (χ2n) is 5.99. The average molecular weight is 328 g/mol. The molecule has 8 nitrogen and oxygen atoms in total. The first-order valence-electron chi connectivity index (χ1n) is 7.98. The fraction of sp³-hybridized carbons (Fsp3) is 0.438. The molecular weight excluding hydrogens is 308 g/mol. The molecule has 0 unspecified atom stereocenters. The Kier molecular flexibility index (Phi) is 3.91. The number of nitrogens with zero attached hydrogens (tertiary/aromatic N) is 5. The predicted octanol–water partition coefficient (Wildman–Crippen LogP) is 0.885. The minimum atomic E-state index is -0.0356. The Balaban J connectivity index is 1.67. The summed E-state index contributed by atoms with van der Waals surface area (Å²) in [7, 11) is 3.82. The van der Waals surface area contributed by atoms with Crippen molar-refractivity contribution in [3.05, 3.63) is 30.9 Å². The van der Waals surface area contributed by atoms with Crippen LogP contribution in [0.25, 0.3) is 16.8 Å². The number of hydrogen-bond acceptors (Lipinski definition) is 6. The molecule has 0 saturated carbocycles. The quantitative estimate of drug-likeness (QED) is 0.766. The Hall–Kier alpha value is -2.45. The summed E-state index contributed by atoms with van der Waals surface area (Å²) < 4.78 is 15.3. The Morgan fingerprint density at radius 1 is 1.29 bits per heavy atom. The molecule has 1 fully saturated rings. The SMILES string of the molecule is CN[C@H]1COC[C@H](Oc2nc(-c3cnn(C)c3)cn3nccc23)C1. The normalized spacial score (nSPS) is 21.2. The number of aryl methyl sites for hydroxylation is 1. The van der Waals surface area contributed by atoms with Crippen LogP contribution in [0.1, 0.15) is 6.42 Å². The van der Waals surface area contributed by atoms with Gasteiger partial charge in [-0.2, -0.15) is 10.2 Å². The number of fused-ring (bicyclic) bond motifs is 1. The molecule has 4 rings (SSSR count). The summed E-state index contributed by atoms with van der Waals surface area (Å²) in [6.45, 7) is 1.28. The highest BCUT2D eigenvalue weighted by Crippen LogP contribution is 2.25. The summed E-state index contributed by atoms with van der Waals surface area (Å²) >= 11 is 0. The van der Waals surface area contributed by atoms with E-state index in [-0.39, 0.29) is 6.10 Å². The molecule has 0 spiro atoms. The van der Waals surface area contributed by atoms with Crippen LogP contribution in [0.4, 0.5) is 0 Å². The minimum Gasteiger partial charge on any atom is -0.470 e. The van der Waals surface area contributed by atoms with Crippen LogP contribution in [-0.2, 0) is 11.8 Å². The van der Waals surface area contributed by atoms with Crippen molar-refractivity contribution in [1.29, 1.82) is 0 Å². The fourth-order valence-corrected chi connectivity index (χ4v) is 2.91. The Morgan fingerprint density at radius 3 is 3.00 bits per heavy atom. The largest absolute Gasteiger partial charge is 0.470 e. The van der Waals surface area contributed by atoms with Gasteiger partial charge in [0.1, 0.15) is 11.6 Å². The number of ether oxygens (including phenoxy) is 2. The summed E-state index contributed by atoms with van der Waals surface area (Å²) in [4.78, 5) is 4.69. The van der Waals surface area contributed by atoms with Crippen LogP contribution >= 0.6 is 0 Å². The first-order valence-corrected chi connectivity index (χ1v) is 7.98. The molecule has 0 aromatic carbocycles. The lowest BCUT2D eigenvalue weighted by Crippen LogP contribution is -2.43. The maximum absolute atomic E-state index is 6.16. The fourth-order valence-electron chi connectivity index (χ4n) is 2.91. The van der Waals surface area contributed by atoms with Crippen LogP contribution in [0.5, 0.6) is 5.88 Å². The van der Waals surface area contributed by atoms with Gasteiger partial charge in [-0.05, 0) is 13.1 Å². The van der Waals surface area contributed by atoms with Crippen molar-refractivity contribution < 1.29 is 9.47 Å². The number of likely N-dealkylation sites (N-methyl/N-ethyl adjacent to an activating group) is 1. The lowest BCUT2D eigenvalue weighted by atomic mass is 10.1. The molecule has 3 aromatic rings. The van der Waals surface area contributed by atoms with Gasteiger partial charge in [0.25, 0.3) is 0 Å². The van der Waals surface area contributed by atoms with E-state index < -0.39 is 0 Å². The number of hydrogen-bond donors (Lipinski definition) is 1. The van der Waals surface area contributed by atoms with Crippen molar-refractivity contribution in [3.63, 3.8) is 0 Å². The topological polar surface area (TPSA) is 78.5 Å². The summed E-state index contributed by atoms with van der Waals surface area (Å²) in [5.74, 6) is 0.569. The van der Waals surface area contributed by atoms with Gasteiger partial charge in [0.2, 0.25) is 5.88 Å². The molecule has 0 bridgehead atoms. The van der Waals surface area contributed by atoms with E-state index in [1.807, 2.05) is 32.6 Å². The Bertz CT molecular complexity index is 842. The predicted molar refractivity (Wildman–Crippen MR) is 87.9 cm³/mol. The van der Waals surface area contributed by atoms with Gasteiger partial charge in [0.15, 0.2) is 0 Å².